The number of rotatable bonds is 7. The number of carbonyl (C=O) groups is 2. The number of amides is 2. The second-order valence-corrected chi connectivity index (χ2v) is 7.69. The van der Waals surface area contributed by atoms with Crippen LogP contribution < -0.4 is 10.6 Å². The first-order valence-corrected chi connectivity index (χ1v) is 9.88. The summed E-state index contributed by atoms with van der Waals surface area (Å²) >= 11 is 1.66. The van der Waals surface area contributed by atoms with E-state index in [-0.39, 0.29) is 17.7 Å². The number of thiazole rings is 1. The zero-order chi connectivity index (χ0) is 19.2. The quantitative estimate of drug-likeness (QED) is 0.594. The molecular weight excluding hydrogens is 358 g/mol. The summed E-state index contributed by atoms with van der Waals surface area (Å²) in [5.41, 5.74) is 2.79. The van der Waals surface area contributed by atoms with E-state index in [9.17, 15) is 9.59 Å². The molecule has 0 atom stereocenters. The summed E-state index contributed by atoms with van der Waals surface area (Å²) in [6.45, 7) is 4.21. The molecule has 6 heteroatoms. The highest BCUT2D eigenvalue weighted by Gasteiger charge is 2.08. The van der Waals surface area contributed by atoms with Crippen LogP contribution in [-0.2, 0) is 9.59 Å². The van der Waals surface area contributed by atoms with Crippen LogP contribution in [0.3, 0.4) is 0 Å². The minimum absolute atomic E-state index is 0.0147. The number of carbonyl (C=O) groups excluding carboxylic acids is 2. The van der Waals surface area contributed by atoms with E-state index >= 15 is 0 Å². The van der Waals surface area contributed by atoms with Gasteiger partial charge in [-0.05, 0) is 42.8 Å². The van der Waals surface area contributed by atoms with Crippen molar-refractivity contribution in [2.75, 3.05) is 11.9 Å². The van der Waals surface area contributed by atoms with Crippen LogP contribution in [0.5, 0.6) is 0 Å². The molecule has 3 rings (SSSR count). The van der Waals surface area contributed by atoms with Gasteiger partial charge in [0.2, 0.25) is 11.8 Å². The van der Waals surface area contributed by atoms with Gasteiger partial charge in [0.25, 0.3) is 0 Å². The zero-order valence-electron chi connectivity index (χ0n) is 15.5. The van der Waals surface area contributed by atoms with Crippen LogP contribution in [0.15, 0.2) is 48.5 Å². The van der Waals surface area contributed by atoms with Crippen molar-refractivity contribution in [2.24, 2.45) is 5.92 Å². The van der Waals surface area contributed by atoms with E-state index in [1.54, 1.807) is 11.3 Å². The average molecular weight is 382 g/mol. The Balaban J connectivity index is 1.51. The second kappa shape index (κ2) is 8.77. The molecule has 27 heavy (non-hydrogen) atoms. The van der Waals surface area contributed by atoms with E-state index in [4.69, 9.17) is 0 Å². The predicted octanol–water partition coefficient (Wildman–Crippen LogP) is 4.45. The largest absolute Gasteiger partial charge is 0.356 e. The Kier molecular flexibility index (Phi) is 6.19. The topological polar surface area (TPSA) is 71.1 Å². The van der Waals surface area contributed by atoms with Crippen LogP contribution in [0, 0.1) is 5.92 Å². The highest BCUT2D eigenvalue weighted by Crippen LogP contribution is 2.30. The van der Waals surface area contributed by atoms with Gasteiger partial charge in [-0.3, -0.25) is 9.59 Å². The monoisotopic (exact) mass is 381 g/mol. The summed E-state index contributed by atoms with van der Waals surface area (Å²) in [4.78, 5) is 28.1. The molecule has 2 N–H and O–H groups in total. The molecule has 0 spiro atoms. The first-order valence-electron chi connectivity index (χ1n) is 9.06. The molecule has 0 saturated heterocycles. The fourth-order valence-electron chi connectivity index (χ4n) is 2.58. The molecule has 0 aliphatic carbocycles. The fraction of sp³-hybridized carbons (Fsp3) is 0.286. The summed E-state index contributed by atoms with van der Waals surface area (Å²) in [6.07, 6.45) is 0.992. The number of anilines is 1. The van der Waals surface area contributed by atoms with E-state index in [1.807, 2.05) is 56.3 Å². The van der Waals surface area contributed by atoms with Crippen molar-refractivity contribution in [1.82, 2.24) is 10.3 Å². The summed E-state index contributed by atoms with van der Waals surface area (Å²) < 4.78 is 1.16. The van der Waals surface area contributed by atoms with Gasteiger partial charge in [-0.15, -0.1) is 11.3 Å². The second-order valence-electron chi connectivity index (χ2n) is 6.66. The Morgan fingerprint density at radius 2 is 1.81 bits per heavy atom. The van der Waals surface area contributed by atoms with Crippen LogP contribution in [0.4, 0.5) is 5.69 Å². The Hall–Kier alpha value is -2.73. The third-order valence-corrected chi connectivity index (χ3v) is 5.20. The van der Waals surface area contributed by atoms with Crippen molar-refractivity contribution in [3.63, 3.8) is 0 Å². The Morgan fingerprint density at radius 1 is 1.07 bits per heavy atom. The molecule has 1 aromatic heterocycles. The van der Waals surface area contributed by atoms with Crippen LogP contribution in [-0.4, -0.2) is 23.3 Å². The van der Waals surface area contributed by atoms with Gasteiger partial charge in [0.05, 0.1) is 10.2 Å². The lowest BCUT2D eigenvalue weighted by molar-refractivity contribution is -0.124. The number of hydrogen-bond donors (Lipinski definition) is 2. The standard InChI is InChI=1S/C21H23N3O2S/c1-14(2)20(26)22-13-5-8-19(25)23-16-11-9-15(10-12-16)21-24-17-6-3-4-7-18(17)27-21/h3-4,6-7,9-12,14H,5,8,13H2,1-2H3,(H,22,26)(H,23,25). The van der Waals surface area contributed by atoms with Gasteiger partial charge in [0, 0.05) is 30.1 Å². The van der Waals surface area contributed by atoms with E-state index in [0.717, 1.165) is 26.5 Å². The van der Waals surface area contributed by atoms with Gasteiger partial charge in [0.1, 0.15) is 5.01 Å². The molecule has 2 aromatic carbocycles. The van der Waals surface area contributed by atoms with Gasteiger partial charge in [0.15, 0.2) is 0 Å². The van der Waals surface area contributed by atoms with E-state index in [1.165, 1.54) is 0 Å². The molecule has 0 radical (unpaired) electrons. The fourth-order valence-corrected chi connectivity index (χ4v) is 3.55. The number of benzene rings is 2. The lowest BCUT2D eigenvalue weighted by Crippen LogP contribution is -2.29. The van der Waals surface area contributed by atoms with Crippen molar-refractivity contribution in [3.05, 3.63) is 48.5 Å². The zero-order valence-corrected chi connectivity index (χ0v) is 16.3. The van der Waals surface area contributed by atoms with Crippen molar-refractivity contribution >= 4 is 39.1 Å². The van der Waals surface area contributed by atoms with Crippen molar-refractivity contribution in [3.8, 4) is 10.6 Å². The Bertz CT molecular complexity index is 899. The number of para-hydroxylation sites is 1. The lowest BCUT2D eigenvalue weighted by atomic mass is 10.2. The average Bonchev–Trinajstić information content (AvgIpc) is 3.09. The predicted molar refractivity (Wildman–Crippen MR) is 111 cm³/mol. The number of hydrogen-bond acceptors (Lipinski definition) is 4. The summed E-state index contributed by atoms with van der Waals surface area (Å²) in [5, 5.41) is 6.67. The highest BCUT2D eigenvalue weighted by atomic mass is 32.1. The minimum Gasteiger partial charge on any atom is -0.356 e. The van der Waals surface area contributed by atoms with Gasteiger partial charge in [-0.1, -0.05) is 26.0 Å². The SMILES string of the molecule is CC(C)C(=O)NCCCC(=O)Nc1ccc(-c2nc3ccccc3s2)cc1. The minimum atomic E-state index is -0.0541. The van der Waals surface area contributed by atoms with E-state index in [0.29, 0.717) is 19.4 Å². The highest BCUT2D eigenvalue weighted by molar-refractivity contribution is 7.21. The molecule has 0 unspecified atom stereocenters. The summed E-state index contributed by atoms with van der Waals surface area (Å²) in [5.74, 6) is -0.0739. The third kappa shape index (κ3) is 5.14. The first kappa shape index (κ1) is 19.0. The normalized spacial score (nSPS) is 10.9. The first-order chi connectivity index (χ1) is 13.0. The van der Waals surface area contributed by atoms with Crippen LogP contribution in [0.25, 0.3) is 20.8 Å². The van der Waals surface area contributed by atoms with Crippen molar-refractivity contribution in [2.45, 2.75) is 26.7 Å². The number of aromatic nitrogens is 1. The molecule has 0 bridgehead atoms. The maximum absolute atomic E-state index is 12.0. The van der Waals surface area contributed by atoms with Gasteiger partial charge in [-0.2, -0.15) is 0 Å². The van der Waals surface area contributed by atoms with Gasteiger partial charge < -0.3 is 10.6 Å². The molecule has 2 amide bonds. The molecule has 0 aliphatic rings. The molecular formula is C21H23N3O2S. The number of nitrogens with one attached hydrogen (secondary N) is 2. The van der Waals surface area contributed by atoms with E-state index < -0.39 is 0 Å². The van der Waals surface area contributed by atoms with Crippen molar-refractivity contribution < 1.29 is 9.59 Å². The molecule has 0 saturated carbocycles. The summed E-state index contributed by atoms with van der Waals surface area (Å²) in [7, 11) is 0. The number of fused-ring (bicyclic) bond motifs is 1. The Morgan fingerprint density at radius 3 is 2.52 bits per heavy atom. The van der Waals surface area contributed by atoms with Gasteiger partial charge >= 0.3 is 0 Å². The molecule has 0 fully saturated rings. The molecule has 5 nitrogen and oxygen atoms in total. The maximum Gasteiger partial charge on any atom is 0.224 e. The maximum atomic E-state index is 12.0. The van der Waals surface area contributed by atoms with Crippen LogP contribution in [0.2, 0.25) is 0 Å². The molecule has 3 aromatic rings. The van der Waals surface area contributed by atoms with E-state index in [2.05, 4.69) is 21.7 Å². The smallest absolute Gasteiger partial charge is 0.224 e. The Labute approximate surface area is 162 Å². The molecule has 0 aliphatic heterocycles. The van der Waals surface area contributed by atoms with Crippen molar-refractivity contribution in [1.29, 1.82) is 0 Å². The lowest BCUT2D eigenvalue weighted by Gasteiger charge is -2.08. The third-order valence-electron chi connectivity index (χ3n) is 4.11. The van der Waals surface area contributed by atoms with Gasteiger partial charge in [-0.25, -0.2) is 4.98 Å². The number of nitrogens with zero attached hydrogens (tertiary/aromatic N) is 1. The van der Waals surface area contributed by atoms with Crippen LogP contribution in [0.1, 0.15) is 26.7 Å². The van der Waals surface area contributed by atoms with Crippen LogP contribution >= 0.6 is 11.3 Å². The summed E-state index contributed by atoms with van der Waals surface area (Å²) in [6, 6.07) is 15.8. The molecule has 140 valence electrons. The molecule has 1 heterocycles.